The minimum atomic E-state index is 0.474. The number of aryl methyl sites for hydroxylation is 2. The molecule has 0 unspecified atom stereocenters. The van der Waals surface area contributed by atoms with Crippen LogP contribution in [0.3, 0.4) is 0 Å². The quantitative estimate of drug-likeness (QED) is 0.0413. The lowest BCUT2D eigenvalue weighted by Gasteiger charge is -2.25. The van der Waals surface area contributed by atoms with Gasteiger partial charge in [-0.15, -0.1) is 0 Å². The summed E-state index contributed by atoms with van der Waals surface area (Å²) in [7, 11) is 0. The second-order valence-corrected chi connectivity index (χ2v) is 21.3. The summed E-state index contributed by atoms with van der Waals surface area (Å²) in [5, 5.41) is 27.5. The van der Waals surface area contributed by atoms with Gasteiger partial charge in [-0.2, -0.15) is 15.8 Å². The fraction of sp³-hybridized carbons (Fsp3) is 0.0964. The van der Waals surface area contributed by atoms with Crippen LogP contribution in [-0.4, -0.2) is 26.1 Å². The molecule has 0 bridgehead atoms. The first-order chi connectivity index (χ1) is 46.1. The molecule has 0 aliphatic carbocycles. The lowest BCUT2D eigenvalue weighted by molar-refractivity contribution is 0.112. The Morgan fingerprint density at radius 2 is 0.649 bits per heavy atom. The fourth-order valence-corrected chi connectivity index (χ4v) is 10.3. The summed E-state index contributed by atoms with van der Waals surface area (Å²) in [5.74, 6) is 2.52. The van der Waals surface area contributed by atoms with Crippen molar-refractivity contribution in [2.45, 2.75) is 34.6 Å². The Bertz CT molecular complexity index is 4290. The van der Waals surface area contributed by atoms with Gasteiger partial charge >= 0.3 is 0 Å². The van der Waals surface area contributed by atoms with Gasteiger partial charge in [0.05, 0.1) is 61.3 Å². The van der Waals surface area contributed by atoms with Gasteiger partial charge in [0.2, 0.25) is 0 Å². The van der Waals surface area contributed by atoms with Gasteiger partial charge in [0, 0.05) is 56.7 Å². The monoisotopic (exact) mass is 1230 g/mol. The first-order valence-electron chi connectivity index (χ1n) is 30.8. The molecule has 460 valence electrons. The largest absolute Gasteiger partial charge is 0.494 e. The van der Waals surface area contributed by atoms with E-state index in [0.717, 1.165) is 97.0 Å². The van der Waals surface area contributed by atoms with Crippen LogP contribution in [0, 0.1) is 54.4 Å². The number of nitrogens with zero attached hydrogens (tertiary/aromatic N) is 7. The van der Waals surface area contributed by atoms with Crippen molar-refractivity contribution < 1.29 is 19.0 Å². The maximum Gasteiger partial charge on any atom is 0.194 e. The number of rotatable bonds is 20. The molecule has 0 aromatic heterocycles. The molecule has 11 aromatic rings. The van der Waals surface area contributed by atoms with Gasteiger partial charge in [-0.05, 0) is 250 Å². The van der Waals surface area contributed by atoms with Crippen molar-refractivity contribution in [3.63, 3.8) is 0 Å². The zero-order valence-electron chi connectivity index (χ0n) is 53.1. The highest BCUT2D eigenvalue weighted by molar-refractivity contribution is 5.85. The molecule has 0 spiro atoms. The molecule has 0 atom stereocenters. The number of benzene rings is 11. The molecule has 0 amide bonds. The Morgan fingerprint density at radius 1 is 0.362 bits per heavy atom. The summed E-state index contributed by atoms with van der Waals surface area (Å²) in [6.45, 7) is 19.4. The zero-order valence-corrected chi connectivity index (χ0v) is 53.1. The van der Waals surface area contributed by atoms with Crippen LogP contribution in [0.25, 0.3) is 29.1 Å². The third kappa shape index (κ3) is 17.2. The molecule has 11 heteroatoms. The van der Waals surface area contributed by atoms with Crippen molar-refractivity contribution in [1.82, 2.24) is 0 Å². The van der Waals surface area contributed by atoms with Gasteiger partial charge in [-0.3, -0.25) is 4.79 Å². The standard InChI is InChI=1S/C52H42N4O2.C21H19NO2.C10H8N2/c1-4-57-50-32-28-48(29-33-50)55(44-12-8-6-9-13-44)46-24-18-39(19-25-46)16-22-41-37-52(54-3)42(36-43(41)38-53)23-17-40-20-26-47(27-21-40)56(45-14-10-7-11-15-45)49-30-34-51(35-31-49)58-5-2;1-2-24-21-14-12-20(13-15-21)22(18-6-4-3-5-7-18)19-10-8-17(16-23)9-11-19;1-7-3-10(6-12)8(2)4-9(7)5-11/h6-37H,4-5H2,1-2H3;3-16H,2H2,1H3;3-4H,1-2H3. The summed E-state index contributed by atoms with van der Waals surface area (Å²) < 4.78 is 16.9. The molecule has 0 radical (unpaired) electrons. The molecule has 0 saturated carbocycles. The summed E-state index contributed by atoms with van der Waals surface area (Å²) in [6.07, 6.45) is 8.61. The number of anilines is 9. The summed E-state index contributed by atoms with van der Waals surface area (Å²) in [5.41, 5.74) is 17.2. The predicted octanol–water partition coefficient (Wildman–Crippen LogP) is 21.6. The maximum absolute atomic E-state index is 10.9. The first kappa shape index (κ1) is 65.8. The Hall–Kier alpha value is -12.7. The topological polar surface area (TPSA) is 130 Å². The smallest absolute Gasteiger partial charge is 0.194 e. The molecule has 94 heavy (non-hydrogen) atoms. The molecule has 0 saturated heterocycles. The van der Waals surface area contributed by atoms with Gasteiger partial charge in [-0.25, -0.2) is 4.85 Å². The molecule has 0 aliphatic heterocycles. The Kier molecular flexibility index (Phi) is 23.3. The average Bonchev–Trinajstić information content (AvgIpc) is 1.10. The van der Waals surface area contributed by atoms with Crippen molar-refractivity contribution in [2.24, 2.45) is 0 Å². The summed E-state index contributed by atoms with van der Waals surface area (Å²) in [6, 6.07) is 92.5. The minimum Gasteiger partial charge on any atom is -0.494 e. The fourth-order valence-electron chi connectivity index (χ4n) is 10.3. The van der Waals surface area contributed by atoms with E-state index >= 15 is 0 Å². The van der Waals surface area contributed by atoms with E-state index in [1.54, 1.807) is 24.3 Å². The van der Waals surface area contributed by atoms with Gasteiger partial charge in [0.25, 0.3) is 0 Å². The second kappa shape index (κ2) is 33.2. The lowest BCUT2D eigenvalue weighted by atomic mass is 10.0. The Morgan fingerprint density at radius 3 is 0.936 bits per heavy atom. The normalized spacial score (nSPS) is 10.4. The number of carbonyl (C=O) groups excluding carboxylic acids is 1. The SMILES string of the molecule is CCOc1ccc(N(c2ccccc2)c2ccc(C=O)cc2)cc1.Cc1cc(C#N)c(C)cc1C#N.[C-]#[N+]c1cc(C=Cc2ccc(N(c3ccccc3)c3ccc(OCC)cc3)cc2)c(C#N)cc1C=Cc1ccc(N(c2ccccc2)c2ccc(OCC)cc2)cc1. The highest BCUT2D eigenvalue weighted by Gasteiger charge is 2.16. The van der Waals surface area contributed by atoms with Crippen LogP contribution >= 0.6 is 0 Å². The average molecular weight is 1230 g/mol. The van der Waals surface area contributed by atoms with Crippen LogP contribution in [0.4, 0.5) is 56.9 Å². The second-order valence-electron chi connectivity index (χ2n) is 21.3. The molecule has 0 N–H and O–H groups in total. The van der Waals surface area contributed by atoms with E-state index in [4.69, 9.17) is 31.3 Å². The van der Waals surface area contributed by atoms with E-state index in [-0.39, 0.29) is 0 Å². The van der Waals surface area contributed by atoms with Crippen LogP contribution in [-0.2, 0) is 0 Å². The van der Waals surface area contributed by atoms with E-state index in [1.165, 1.54) is 0 Å². The van der Waals surface area contributed by atoms with E-state index in [2.05, 4.69) is 147 Å². The van der Waals surface area contributed by atoms with Crippen molar-refractivity contribution >= 4 is 87.5 Å². The molecule has 11 nitrogen and oxygen atoms in total. The van der Waals surface area contributed by atoms with Crippen LogP contribution < -0.4 is 28.9 Å². The van der Waals surface area contributed by atoms with E-state index < -0.39 is 0 Å². The van der Waals surface area contributed by atoms with E-state index in [9.17, 15) is 10.1 Å². The Labute approximate surface area is 551 Å². The van der Waals surface area contributed by atoms with Crippen LogP contribution in [0.1, 0.15) is 81.2 Å². The molecular weight excluding hydrogens is 1160 g/mol. The number of hydrogen-bond donors (Lipinski definition) is 0. The summed E-state index contributed by atoms with van der Waals surface area (Å²) >= 11 is 0. The molecule has 11 aromatic carbocycles. The third-order valence-corrected chi connectivity index (χ3v) is 15.0. The highest BCUT2D eigenvalue weighted by atomic mass is 16.5. The van der Waals surface area contributed by atoms with Gasteiger partial charge in [0.1, 0.15) is 23.5 Å². The molecule has 0 heterocycles. The third-order valence-electron chi connectivity index (χ3n) is 15.0. The molecular formula is C83H69N7O4. The summed E-state index contributed by atoms with van der Waals surface area (Å²) in [4.78, 5) is 21.3. The van der Waals surface area contributed by atoms with Crippen LogP contribution in [0.5, 0.6) is 17.2 Å². The number of carbonyl (C=O) groups is 1. The van der Waals surface area contributed by atoms with E-state index in [0.29, 0.717) is 58.9 Å². The predicted molar refractivity (Wildman–Crippen MR) is 383 cm³/mol. The number of para-hydroxylation sites is 3. The van der Waals surface area contributed by atoms with Gasteiger partial charge in [-0.1, -0.05) is 103 Å². The Balaban J connectivity index is 0.000000234. The number of ether oxygens (including phenoxy) is 3. The van der Waals surface area contributed by atoms with Crippen molar-refractivity contribution in [2.75, 3.05) is 34.5 Å². The first-order valence-corrected chi connectivity index (χ1v) is 30.8. The number of nitriles is 3. The highest BCUT2D eigenvalue weighted by Crippen LogP contribution is 2.39. The van der Waals surface area contributed by atoms with Crippen molar-refractivity contribution in [3.05, 3.63) is 328 Å². The molecule has 0 aliphatic rings. The van der Waals surface area contributed by atoms with Crippen LogP contribution in [0.2, 0.25) is 0 Å². The van der Waals surface area contributed by atoms with Crippen LogP contribution in [0.15, 0.2) is 261 Å². The van der Waals surface area contributed by atoms with Crippen molar-refractivity contribution in [1.29, 1.82) is 15.8 Å². The molecule has 0 fully saturated rings. The minimum absolute atomic E-state index is 0.474. The van der Waals surface area contributed by atoms with Gasteiger partial charge < -0.3 is 28.9 Å². The number of aldehydes is 1. The van der Waals surface area contributed by atoms with E-state index in [1.807, 2.05) is 186 Å². The van der Waals surface area contributed by atoms with Gasteiger partial charge in [0.15, 0.2) is 5.69 Å². The lowest BCUT2D eigenvalue weighted by Crippen LogP contribution is -2.09. The van der Waals surface area contributed by atoms with Crippen molar-refractivity contribution in [3.8, 4) is 35.5 Å². The number of hydrogen-bond acceptors (Lipinski definition) is 10. The molecule has 11 rings (SSSR count). The maximum atomic E-state index is 10.9. The zero-order chi connectivity index (χ0) is 66.0.